The Morgan fingerprint density at radius 3 is 2.40 bits per heavy atom. The molecule has 0 aromatic heterocycles. The monoisotopic (exact) mass is 589 g/mol. The molecular formula is C33H36ClN3O5. The van der Waals surface area contributed by atoms with Crippen LogP contribution in [-0.2, 0) is 25.7 Å². The summed E-state index contributed by atoms with van der Waals surface area (Å²) in [4.78, 5) is 48.3. The number of hydrogen-bond donors (Lipinski definition) is 1. The van der Waals surface area contributed by atoms with Crippen molar-refractivity contribution in [3.05, 3.63) is 89.5 Å². The van der Waals surface area contributed by atoms with E-state index >= 15 is 0 Å². The summed E-state index contributed by atoms with van der Waals surface area (Å²) in [7, 11) is 0. The van der Waals surface area contributed by atoms with Gasteiger partial charge in [-0.15, -0.1) is 0 Å². The second-order valence-electron chi connectivity index (χ2n) is 12.0. The number of benzene rings is 2. The van der Waals surface area contributed by atoms with Crippen molar-refractivity contribution in [1.82, 2.24) is 9.80 Å². The molecule has 0 bridgehead atoms. The molecule has 2 saturated heterocycles. The standard InChI is InChI=1S/C33H36ClN3O5/c1-21(2)18-25(20-38)37-29-32(41)36(24-13-11-23(34)12-14-24)17-7-15-33(29)28(31(37)40)27-26(42-33)10-6-16-35(30(27)39)19-22-8-4-3-5-9-22/h3-15,21,25-29,38H,16-20H2,1-2H3/t25-,26+,27-,28+,29?,33+/m1/s1. The fraction of sp³-hybridized carbons (Fsp3) is 0.424. The van der Waals surface area contributed by atoms with E-state index in [9.17, 15) is 19.5 Å². The van der Waals surface area contributed by atoms with Crippen molar-refractivity contribution >= 4 is 35.0 Å². The highest BCUT2D eigenvalue weighted by Crippen LogP contribution is 2.54. The lowest BCUT2D eigenvalue weighted by Crippen LogP contribution is -2.58. The number of ether oxygens (including phenoxy) is 1. The summed E-state index contributed by atoms with van der Waals surface area (Å²) in [6.45, 7) is 4.80. The van der Waals surface area contributed by atoms with E-state index in [1.54, 1.807) is 34.1 Å². The number of rotatable bonds is 7. The Balaban J connectivity index is 1.43. The van der Waals surface area contributed by atoms with E-state index in [4.69, 9.17) is 16.3 Å². The highest BCUT2D eigenvalue weighted by molar-refractivity contribution is 6.30. The molecule has 6 rings (SSSR count). The average Bonchev–Trinajstić information content (AvgIpc) is 3.30. The molecule has 6 atom stereocenters. The first-order valence-electron chi connectivity index (χ1n) is 14.6. The third-order valence-electron chi connectivity index (χ3n) is 8.88. The summed E-state index contributed by atoms with van der Waals surface area (Å²) >= 11 is 6.13. The van der Waals surface area contributed by atoms with E-state index in [-0.39, 0.29) is 36.8 Å². The van der Waals surface area contributed by atoms with E-state index in [2.05, 4.69) is 0 Å². The van der Waals surface area contributed by atoms with Crippen LogP contribution in [0.3, 0.4) is 0 Å². The van der Waals surface area contributed by atoms with Gasteiger partial charge in [0.2, 0.25) is 11.8 Å². The van der Waals surface area contributed by atoms with Gasteiger partial charge < -0.3 is 24.5 Å². The number of halogens is 1. The van der Waals surface area contributed by atoms with Crippen LogP contribution in [0.25, 0.3) is 0 Å². The number of anilines is 1. The lowest BCUT2D eigenvalue weighted by atomic mass is 9.77. The van der Waals surface area contributed by atoms with E-state index < -0.39 is 35.6 Å². The summed E-state index contributed by atoms with van der Waals surface area (Å²) in [6.07, 6.45) is 7.31. The lowest BCUT2D eigenvalue weighted by molar-refractivity contribution is -0.147. The van der Waals surface area contributed by atoms with Crippen molar-refractivity contribution in [2.45, 2.75) is 50.6 Å². The number of aliphatic hydroxyl groups excluding tert-OH is 1. The predicted molar refractivity (Wildman–Crippen MR) is 159 cm³/mol. The summed E-state index contributed by atoms with van der Waals surface area (Å²) in [5, 5.41) is 11.1. The minimum Gasteiger partial charge on any atom is -0.394 e. The summed E-state index contributed by atoms with van der Waals surface area (Å²) in [5.41, 5.74) is 0.276. The molecule has 0 saturated carbocycles. The largest absolute Gasteiger partial charge is 0.394 e. The van der Waals surface area contributed by atoms with Crippen LogP contribution >= 0.6 is 11.6 Å². The van der Waals surface area contributed by atoms with E-state index in [0.29, 0.717) is 30.2 Å². The molecular weight excluding hydrogens is 554 g/mol. The van der Waals surface area contributed by atoms with Gasteiger partial charge >= 0.3 is 0 Å². The number of hydrogen-bond acceptors (Lipinski definition) is 5. The molecule has 220 valence electrons. The highest BCUT2D eigenvalue weighted by Gasteiger charge is 2.72. The third-order valence-corrected chi connectivity index (χ3v) is 9.13. The minimum absolute atomic E-state index is 0.160. The molecule has 2 aromatic carbocycles. The maximum absolute atomic E-state index is 14.6. The van der Waals surface area contributed by atoms with Gasteiger partial charge in [-0.25, -0.2) is 0 Å². The summed E-state index contributed by atoms with van der Waals surface area (Å²) < 4.78 is 6.75. The van der Waals surface area contributed by atoms with Gasteiger partial charge in [-0.05, 0) is 42.2 Å². The molecule has 1 unspecified atom stereocenters. The van der Waals surface area contributed by atoms with Gasteiger partial charge in [-0.3, -0.25) is 14.4 Å². The number of amides is 3. The molecule has 1 N–H and O–H groups in total. The number of likely N-dealkylation sites (tertiary alicyclic amines) is 1. The molecule has 42 heavy (non-hydrogen) atoms. The quantitative estimate of drug-likeness (QED) is 0.496. The first-order valence-corrected chi connectivity index (χ1v) is 15.0. The van der Waals surface area contributed by atoms with Crippen molar-refractivity contribution in [2.24, 2.45) is 17.8 Å². The van der Waals surface area contributed by atoms with Gasteiger partial charge in [0.1, 0.15) is 11.6 Å². The molecule has 3 amide bonds. The third kappa shape index (κ3) is 4.75. The maximum atomic E-state index is 14.6. The topological polar surface area (TPSA) is 90.4 Å². The van der Waals surface area contributed by atoms with Gasteiger partial charge in [0.05, 0.1) is 30.6 Å². The van der Waals surface area contributed by atoms with Crippen LogP contribution in [0.2, 0.25) is 5.02 Å². The number of carbonyl (C=O) groups is 3. The fourth-order valence-corrected chi connectivity index (χ4v) is 7.27. The summed E-state index contributed by atoms with van der Waals surface area (Å²) in [5.74, 6) is -2.36. The zero-order valence-corrected chi connectivity index (χ0v) is 24.6. The van der Waals surface area contributed by atoms with Gasteiger partial charge in [-0.1, -0.05) is 80.1 Å². The van der Waals surface area contributed by atoms with Crippen LogP contribution in [0.4, 0.5) is 5.69 Å². The van der Waals surface area contributed by atoms with E-state index in [0.717, 1.165) is 5.56 Å². The predicted octanol–water partition coefficient (Wildman–Crippen LogP) is 3.83. The molecule has 4 aliphatic rings. The lowest BCUT2D eigenvalue weighted by Gasteiger charge is -2.39. The van der Waals surface area contributed by atoms with Crippen molar-refractivity contribution in [2.75, 3.05) is 24.6 Å². The Kier molecular flexibility index (Phi) is 7.72. The molecule has 2 fully saturated rings. The number of aliphatic hydroxyl groups is 1. The maximum Gasteiger partial charge on any atom is 0.253 e. The minimum atomic E-state index is -1.36. The second-order valence-corrected chi connectivity index (χ2v) is 12.5. The Morgan fingerprint density at radius 2 is 1.71 bits per heavy atom. The van der Waals surface area contributed by atoms with Crippen molar-refractivity contribution in [1.29, 1.82) is 0 Å². The highest BCUT2D eigenvalue weighted by atomic mass is 35.5. The van der Waals surface area contributed by atoms with Gasteiger partial charge in [0.15, 0.2) is 0 Å². The molecule has 2 aromatic rings. The Hall–Kier alpha value is -3.46. The zero-order chi connectivity index (χ0) is 29.6. The number of nitrogens with zero attached hydrogens (tertiary/aromatic N) is 3. The molecule has 8 nitrogen and oxygen atoms in total. The molecule has 0 aliphatic carbocycles. The SMILES string of the molecule is CC(C)C[C@H](CO)N1C(=O)[C@@H]2[C@@H]3C(=O)N(Cc4ccccc4)CC=C[C@@H]3O[C@@]23C=CCN(c2ccc(Cl)cc2)C(=O)C13. The van der Waals surface area contributed by atoms with Crippen LogP contribution in [0.15, 0.2) is 78.9 Å². The summed E-state index contributed by atoms with van der Waals surface area (Å²) in [6, 6.07) is 15.1. The second kappa shape index (κ2) is 11.3. The molecule has 4 heterocycles. The first-order chi connectivity index (χ1) is 20.2. The Labute approximate surface area is 251 Å². The van der Waals surface area contributed by atoms with Crippen LogP contribution in [0.5, 0.6) is 0 Å². The van der Waals surface area contributed by atoms with Gasteiger partial charge in [0, 0.05) is 30.3 Å². The molecule has 4 aliphatic heterocycles. The average molecular weight is 590 g/mol. The zero-order valence-electron chi connectivity index (χ0n) is 23.8. The Bertz CT molecular complexity index is 1410. The van der Waals surface area contributed by atoms with Gasteiger partial charge in [-0.2, -0.15) is 0 Å². The van der Waals surface area contributed by atoms with E-state index in [1.807, 2.05) is 68.5 Å². The number of fused-ring (bicyclic) bond motifs is 2. The molecule has 0 radical (unpaired) electrons. The fourth-order valence-electron chi connectivity index (χ4n) is 7.14. The normalized spacial score (nSPS) is 29.5. The number of carbonyl (C=O) groups excluding carboxylic acids is 3. The van der Waals surface area contributed by atoms with Crippen molar-refractivity contribution in [3.8, 4) is 0 Å². The van der Waals surface area contributed by atoms with Crippen LogP contribution in [-0.4, -0.2) is 76.1 Å². The van der Waals surface area contributed by atoms with Crippen molar-refractivity contribution < 1.29 is 24.2 Å². The van der Waals surface area contributed by atoms with Crippen LogP contribution in [0, 0.1) is 17.8 Å². The van der Waals surface area contributed by atoms with Gasteiger partial charge in [0.25, 0.3) is 5.91 Å². The van der Waals surface area contributed by atoms with E-state index in [1.165, 1.54) is 4.90 Å². The van der Waals surface area contributed by atoms with Crippen LogP contribution in [0.1, 0.15) is 25.8 Å². The smallest absolute Gasteiger partial charge is 0.253 e. The van der Waals surface area contributed by atoms with Crippen LogP contribution < -0.4 is 4.90 Å². The Morgan fingerprint density at radius 1 is 0.976 bits per heavy atom. The molecule has 1 spiro atoms. The first kappa shape index (κ1) is 28.6. The molecule has 9 heteroatoms. The van der Waals surface area contributed by atoms with Crippen molar-refractivity contribution in [3.63, 3.8) is 0 Å².